The van der Waals surface area contributed by atoms with Crippen LogP contribution in [0.25, 0.3) is 21.8 Å². The maximum absolute atomic E-state index is 14.1. The lowest BCUT2D eigenvalue weighted by molar-refractivity contribution is -0.144. The van der Waals surface area contributed by atoms with Gasteiger partial charge in [-0.1, -0.05) is 51.1 Å². The number of aliphatic hydroxyl groups is 1. The summed E-state index contributed by atoms with van der Waals surface area (Å²) in [5, 5.41) is 26.0. The largest absolute Gasteiger partial charge is 0.494 e. The maximum Gasteiger partial charge on any atom is 0.410 e. The fraction of sp³-hybridized carbons (Fsp3) is 0.391. The van der Waals surface area contributed by atoms with E-state index in [9.17, 15) is 29.1 Å². The molecular weight excluding hydrogens is 853 g/mol. The molecule has 2 aliphatic heterocycles. The molecule has 19 heteroatoms. The third-order valence-corrected chi connectivity index (χ3v) is 12.5. The van der Waals surface area contributed by atoms with Crippen LogP contribution in [0.4, 0.5) is 16.2 Å². The smallest absolute Gasteiger partial charge is 0.410 e. The number of methoxy groups -OCH3 is 1. The van der Waals surface area contributed by atoms with Gasteiger partial charge in [-0.05, 0) is 60.7 Å². The lowest BCUT2D eigenvalue weighted by Crippen LogP contribution is -2.58. The second-order valence-electron chi connectivity index (χ2n) is 17.1. The normalized spacial score (nSPS) is 17.2. The van der Waals surface area contributed by atoms with Crippen molar-refractivity contribution < 1.29 is 38.6 Å². The summed E-state index contributed by atoms with van der Waals surface area (Å²) in [5.41, 5.74) is 6.60. The van der Waals surface area contributed by atoms with Crippen LogP contribution < -0.4 is 25.6 Å². The van der Waals surface area contributed by atoms with E-state index in [4.69, 9.17) is 9.47 Å². The van der Waals surface area contributed by atoms with Gasteiger partial charge in [-0.25, -0.2) is 14.8 Å². The average Bonchev–Trinajstić information content (AvgIpc) is 4.09. The lowest BCUT2D eigenvalue weighted by Gasteiger charge is -2.36. The number of nitrogens with one attached hydrogen (secondary N) is 4. The van der Waals surface area contributed by atoms with Crippen molar-refractivity contribution in [1.29, 1.82) is 0 Å². The number of thiazole rings is 1. The van der Waals surface area contributed by atoms with Gasteiger partial charge in [0, 0.05) is 57.1 Å². The summed E-state index contributed by atoms with van der Waals surface area (Å²) in [4.78, 5) is 82.1. The number of hydrogen-bond acceptors (Lipinski definition) is 13. The minimum absolute atomic E-state index is 0.0439. The van der Waals surface area contributed by atoms with Crippen molar-refractivity contribution in [3.05, 3.63) is 95.4 Å². The SMILES string of the molecule is COc1cc(N2CCN(C(=O)OCC(=O)NC(C(=O)N3CC(O)CC3C(=O)NC(C)c3ccc(-c4scnc4C)cc3)C(C)(C)C)CC2)ccc1NC(=O)c1cccc(-c2ccn[nH]2)n1. The number of H-pyrrole nitrogens is 1. The highest BCUT2D eigenvalue weighted by Crippen LogP contribution is 2.32. The molecular formula is C46H54N10O8S. The average molecular weight is 907 g/mol. The number of piperazine rings is 1. The van der Waals surface area contributed by atoms with Gasteiger partial charge >= 0.3 is 6.09 Å². The molecule has 0 spiro atoms. The van der Waals surface area contributed by atoms with E-state index in [0.29, 0.717) is 49.0 Å². The predicted molar refractivity (Wildman–Crippen MR) is 244 cm³/mol. The van der Waals surface area contributed by atoms with Crippen LogP contribution in [-0.4, -0.2) is 129 Å². The van der Waals surface area contributed by atoms with Gasteiger partial charge in [0.2, 0.25) is 11.8 Å². The number of hydrogen-bond donors (Lipinski definition) is 5. The van der Waals surface area contributed by atoms with Crippen LogP contribution in [0.1, 0.15) is 61.9 Å². The zero-order valence-corrected chi connectivity index (χ0v) is 38.0. The van der Waals surface area contributed by atoms with Gasteiger partial charge < -0.3 is 45.2 Å². The first-order chi connectivity index (χ1) is 31.1. The third-order valence-electron chi connectivity index (χ3n) is 11.5. The van der Waals surface area contributed by atoms with Crippen LogP contribution in [-0.2, 0) is 19.1 Å². The summed E-state index contributed by atoms with van der Waals surface area (Å²) in [7, 11) is 1.51. The highest BCUT2D eigenvalue weighted by Gasteiger charge is 2.45. The molecule has 0 saturated carbocycles. The summed E-state index contributed by atoms with van der Waals surface area (Å²) >= 11 is 1.56. The fourth-order valence-electron chi connectivity index (χ4n) is 7.86. The van der Waals surface area contributed by atoms with Gasteiger partial charge in [-0.15, -0.1) is 11.3 Å². The molecule has 5 heterocycles. The van der Waals surface area contributed by atoms with Gasteiger partial charge in [0.05, 0.1) is 52.4 Å². The van der Waals surface area contributed by atoms with E-state index in [0.717, 1.165) is 27.4 Å². The zero-order valence-electron chi connectivity index (χ0n) is 37.2. The van der Waals surface area contributed by atoms with E-state index in [1.807, 2.05) is 44.2 Å². The van der Waals surface area contributed by atoms with Crippen molar-refractivity contribution in [3.63, 3.8) is 0 Å². The maximum atomic E-state index is 14.1. The summed E-state index contributed by atoms with van der Waals surface area (Å²) in [6.45, 7) is 9.96. The molecule has 342 valence electrons. The molecule has 4 atom stereocenters. The van der Waals surface area contributed by atoms with E-state index in [1.54, 1.807) is 80.2 Å². The van der Waals surface area contributed by atoms with Crippen LogP contribution >= 0.6 is 11.3 Å². The Balaban J connectivity index is 0.892. The molecule has 2 fully saturated rings. The number of aromatic nitrogens is 4. The van der Waals surface area contributed by atoms with Crippen molar-refractivity contribution in [2.45, 2.75) is 65.3 Å². The number of nitrogens with zero attached hydrogens (tertiary/aromatic N) is 6. The van der Waals surface area contributed by atoms with Gasteiger partial charge in [0.25, 0.3) is 11.8 Å². The lowest BCUT2D eigenvalue weighted by atomic mass is 9.85. The van der Waals surface area contributed by atoms with Crippen molar-refractivity contribution in [1.82, 2.24) is 40.6 Å². The van der Waals surface area contributed by atoms with Crippen molar-refractivity contribution in [2.24, 2.45) is 5.41 Å². The molecule has 65 heavy (non-hydrogen) atoms. The number of rotatable bonds is 13. The standard InChI is InChI=1S/C46H54N10O8S/c1-27(29-10-12-30(13-11-29)40-28(2)47-26-65-40)49-43(60)37-23-32(57)24-56(37)44(61)41(46(3,4)5)52-39(58)25-64-45(62)55-20-18-54(19-21-55)31-14-15-35(38(22-31)63-6)51-42(59)36-9-7-8-33(50-36)34-16-17-48-53-34/h7-17,22,26-27,32,37,41,57H,18-21,23-25H2,1-6H3,(H,48,53)(H,49,60)(H,51,59)(H,52,58). The highest BCUT2D eigenvalue weighted by molar-refractivity contribution is 7.13. The fourth-order valence-corrected chi connectivity index (χ4v) is 8.67. The highest BCUT2D eigenvalue weighted by atomic mass is 32.1. The van der Waals surface area contributed by atoms with Gasteiger partial charge in [-0.2, -0.15) is 5.10 Å². The number of β-amino-alcohol motifs (C(OH)–C–C–N with tert-alkyl or cyclic N) is 1. The predicted octanol–water partition coefficient (Wildman–Crippen LogP) is 4.79. The summed E-state index contributed by atoms with van der Waals surface area (Å²) in [6.07, 6.45) is 0.0409. The van der Waals surface area contributed by atoms with E-state index in [1.165, 1.54) is 16.9 Å². The zero-order chi connectivity index (χ0) is 46.4. The van der Waals surface area contributed by atoms with Crippen molar-refractivity contribution in [2.75, 3.05) is 56.7 Å². The number of aryl methyl sites for hydroxylation is 1. The number of ether oxygens (including phenoxy) is 2. The van der Waals surface area contributed by atoms with Crippen molar-refractivity contribution in [3.8, 4) is 27.6 Å². The third kappa shape index (κ3) is 10.9. The Hall–Kier alpha value is -6.86. The Labute approximate surface area is 380 Å². The number of carbonyl (C=O) groups is 5. The molecule has 2 aromatic carbocycles. The number of amides is 5. The van der Waals surface area contributed by atoms with E-state index in [-0.39, 0.29) is 24.7 Å². The minimum atomic E-state index is -1.09. The van der Waals surface area contributed by atoms with E-state index >= 15 is 0 Å². The number of aromatic amines is 1. The molecule has 3 aromatic heterocycles. The molecule has 4 unspecified atom stereocenters. The summed E-state index contributed by atoms with van der Waals surface area (Å²) < 4.78 is 11.0. The number of likely N-dealkylation sites (tertiary alicyclic amines) is 1. The number of anilines is 2. The summed E-state index contributed by atoms with van der Waals surface area (Å²) in [6, 6.07) is 17.7. The van der Waals surface area contributed by atoms with Crippen LogP contribution in [0, 0.1) is 12.3 Å². The Morgan fingerprint density at radius 3 is 2.40 bits per heavy atom. The van der Waals surface area contributed by atoms with Crippen LogP contribution in [0.15, 0.2) is 78.4 Å². The van der Waals surface area contributed by atoms with Crippen LogP contribution in [0.5, 0.6) is 5.75 Å². The monoisotopic (exact) mass is 906 g/mol. The van der Waals surface area contributed by atoms with Gasteiger partial charge in [-0.3, -0.25) is 24.3 Å². The molecule has 2 aliphatic rings. The molecule has 7 rings (SSSR count). The molecule has 18 nitrogen and oxygen atoms in total. The van der Waals surface area contributed by atoms with E-state index in [2.05, 4.69) is 41.0 Å². The Bertz CT molecular complexity index is 2500. The Morgan fingerprint density at radius 1 is 0.985 bits per heavy atom. The first-order valence-corrected chi connectivity index (χ1v) is 22.2. The summed E-state index contributed by atoms with van der Waals surface area (Å²) in [5.74, 6) is -1.60. The second kappa shape index (κ2) is 19.9. The Morgan fingerprint density at radius 2 is 1.74 bits per heavy atom. The molecule has 0 radical (unpaired) electrons. The minimum Gasteiger partial charge on any atom is -0.494 e. The van der Waals surface area contributed by atoms with E-state index < -0.39 is 59.9 Å². The molecule has 0 bridgehead atoms. The number of pyridine rings is 1. The van der Waals surface area contributed by atoms with Crippen LogP contribution in [0.3, 0.4) is 0 Å². The molecule has 5 aromatic rings. The van der Waals surface area contributed by atoms with Crippen molar-refractivity contribution >= 4 is 52.4 Å². The molecule has 5 amide bonds. The quantitative estimate of drug-likeness (QED) is 0.108. The van der Waals surface area contributed by atoms with Gasteiger partial charge in [0.1, 0.15) is 23.5 Å². The Kier molecular flexibility index (Phi) is 14.1. The molecule has 2 saturated heterocycles. The molecule has 0 aliphatic carbocycles. The topological polar surface area (TPSA) is 224 Å². The number of benzene rings is 2. The first-order valence-electron chi connectivity index (χ1n) is 21.3. The number of aliphatic hydroxyl groups excluding tert-OH is 1. The second-order valence-corrected chi connectivity index (χ2v) is 18.0. The number of carbonyl (C=O) groups excluding carboxylic acids is 5. The van der Waals surface area contributed by atoms with Crippen LogP contribution in [0.2, 0.25) is 0 Å². The van der Waals surface area contributed by atoms with Gasteiger partial charge in [0.15, 0.2) is 6.61 Å². The molecule has 5 N–H and O–H groups in total. The first kappa shape index (κ1) is 46.1.